The summed E-state index contributed by atoms with van der Waals surface area (Å²) in [7, 11) is 0. The minimum atomic E-state index is 0.608. The Balaban J connectivity index is 1.26. The maximum atomic E-state index is 6.40. The van der Waals surface area contributed by atoms with Gasteiger partial charge in [-0.25, -0.2) is 9.97 Å². The zero-order chi connectivity index (χ0) is 37.9. The highest BCUT2D eigenvalue weighted by molar-refractivity contribution is 6.31. The van der Waals surface area contributed by atoms with E-state index in [-0.39, 0.29) is 0 Å². The van der Waals surface area contributed by atoms with Gasteiger partial charge in [-0.05, 0) is 74.3 Å². The van der Waals surface area contributed by atoms with E-state index in [0.29, 0.717) is 29.7 Å². The highest BCUT2D eigenvalue weighted by Crippen LogP contribution is 2.38. The number of aromatic nitrogens is 4. The number of para-hydroxylation sites is 2. The number of nitrogens with two attached hydrogens (primary N) is 1. The van der Waals surface area contributed by atoms with Gasteiger partial charge in [-0.2, -0.15) is 0 Å². The van der Waals surface area contributed by atoms with Crippen LogP contribution in [0.15, 0.2) is 109 Å². The van der Waals surface area contributed by atoms with Gasteiger partial charge < -0.3 is 14.9 Å². The van der Waals surface area contributed by atoms with Gasteiger partial charge in [0.05, 0.1) is 33.8 Å². The summed E-state index contributed by atoms with van der Waals surface area (Å²) in [6.07, 6.45) is 5.28. The number of pyridine rings is 2. The smallest absolute Gasteiger partial charge is 0.0949 e. The van der Waals surface area contributed by atoms with Crippen molar-refractivity contribution in [2.45, 2.75) is 72.1 Å². The number of hydrogen-bond donors (Lipinski definition) is 1. The zero-order valence-corrected chi connectivity index (χ0v) is 33.3. The van der Waals surface area contributed by atoms with Gasteiger partial charge in [0.2, 0.25) is 0 Å². The van der Waals surface area contributed by atoms with Crippen LogP contribution in [0.4, 0.5) is 0 Å². The molecule has 8 aromatic rings. The fourth-order valence-corrected chi connectivity index (χ4v) is 8.37. The van der Waals surface area contributed by atoms with Crippen molar-refractivity contribution in [2.75, 3.05) is 13.1 Å². The number of benzene rings is 4. The Morgan fingerprint density at radius 2 is 1.00 bits per heavy atom. The molecule has 0 atom stereocenters. The van der Waals surface area contributed by atoms with Gasteiger partial charge in [0.1, 0.15) is 0 Å². The van der Waals surface area contributed by atoms with Crippen LogP contribution in [-0.2, 0) is 26.2 Å². The van der Waals surface area contributed by atoms with Crippen LogP contribution in [0.1, 0.15) is 57.3 Å². The van der Waals surface area contributed by atoms with Gasteiger partial charge in [-0.3, -0.25) is 4.90 Å². The third-order valence-electron chi connectivity index (χ3n) is 10.8. The van der Waals surface area contributed by atoms with Crippen LogP contribution < -0.4 is 5.73 Å². The molecule has 4 aromatic carbocycles. The SMILES string of the molecule is CCCCn1c2ccccc2c2cc(CN(CCCN)Cc3cc4c5ccccc5n(CCCC)c4c(-c4ccc(Cl)cc4)n3)nc(-c3ccc(Cl)cc3)c21. The molecular formula is C47H48Cl2N6. The standard InChI is InChI=1S/C47H48Cl2N6/c1-3-5-26-54-42-14-9-7-12-38(42)40-28-36(51-44(46(40)54)32-16-20-34(48)21-17-32)30-53(25-11-24-50)31-37-29-41-39-13-8-10-15-43(39)55(27-6-4-2)47(41)45(52-37)33-18-22-35(49)23-19-33/h7-10,12-23,28-29H,3-6,11,24-27,30-31,50H2,1-2H3. The van der Waals surface area contributed by atoms with E-state index in [1.54, 1.807) is 0 Å². The molecule has 8 heteroatoms. The molecule has 4 aromatic heterocycles. The summed E-state index contributed by atoms with van der Waals surface area (Å²) in [5, 5.41) is 6.38. The van der Waals surface area contributed by atoms with E-state index in [2.05, 4.69) is 113 Å². The fourth-order valence-electron chi connectivity index (χ4n) is 8.12. The molecule has 2 N–H and O–H groups in total. The molecule has 8 rings (SSSR count). The molecule has 0 aliphatic rings. The van der Waals surface area contributed by atoms with Crippen LogP contribution in [0.2, 0.25) is 10.0 Å². The largest absolute Gasteiger partial charge is 0.339 e. The Hall–Kier alpha value is -4.72. The van der Waals surface area contributed by atoms with E-state index in [0.717, 1.165) is 85.6 Å². The fraction of sp³-hybridized carbons (Fsp3) is 0.277. The molecule has 0 spiro atoms. The predicted octanol–water partition coefficient (Wildman–Crippen LogP) is 12.3. The molecule has 4 heterocycles. The van der Waals surface area contributed by atoms with Gasteiger partial charge in [0.25, 0.3) is 0 Å². The van der Waals surface area contributed by atoms with Gasteiger partial charge in [0, 0.05) is 86.5 Å². The molecule has 280 valence electrons. The first-order valence-corrected chi connectivity index (χ1v) is 20.5. The molecule has 0 aliphatic heterocycles. The summed E-state index contributed by atoms with van der Waals surface area (Å²) < 4.78 is 4.94. The minimum absolute atomic E-state index is 0.608. The first-order valence-electron chi connectivity index (χ1n) is 19.7. The number of fused-ring (bicyclic) bond motifs is 6. The molecule has 0 saturated heterocycles. The van der Waals surface area contributed by atoms with Crippen molar-refractivity contribution in [1.82, 2.24) is 24.0 Å². The lowest BCUT2D eigenvalue weighted by Gasteiger charge is -2.23. The summed E-state index contributed by atoms with van der Waals surface area (Å²) in [6, 6.07) is 38.4. The van der Waals surface area contributed by atoms with Crippen molar-refractivity contribution in [3.63, 3.8) is 0 Å². The highest BCUT2D eigenvalue weighted by Gasteiger charge is 2.22. The van der Waals surface area contributed by atoms with Crippen molar-refractivity contribution in [3.05, 3.63) is 131 Å². The maximum Gasteiger partial charge on any atom is 0.0949 e. The van der Waals surface area contributed by atoms with Gasteiger partial charge in [0.15, 0.2) is 0 Å². The molecule has 0 unspecified atom stereocenters. The van der Waals surface area contributed by atoms with Gasteiger partial charge in [-0.15, -0.1) is 0 Å². The Bertz CT molecular complexity index is 2410. The monoisotopic (exact) mass is 766 g/mol. The second kappa shape index (κ2) is 16.6. The lowest BCUT2D eigenvalue weighted by molar-refractivity contribution is 0.249. The topological polar surface area (TPSA) is 64.9 Å². The molecular weight excluding hydrogens is 719 g/mol. The van der Waals surface area contributed by atoms with E-state index < -0.39 is 0 Å². The first kappa shape index (κ1) is 37.2. The lowest BCUT2D eigenvalue weighted by Crippen LogP contribution is -2.26. The molecule has 0 amide bonds. The van der Waals surface area contributed by atoms with E-state index in [1.165, 1.54) is 43.6 Å². The summed E-state index contributed by atoms with van der Waals surface area (Å²) in [6.45, 7) is 9.09. The van der Waals surface area contributed by atoms with Crippen LogP contribution >= 0.6 is 23.2 Å². The maximum absolute atomic E-state index is 6.40. The van der Waals surface area contributed by atoms with Gasteiger partial charge >= 0.3 is 0 Å². The third kappa shape index (κ3) is 7.49. The second-order valence-corrected chi connectivity index (χ2v) is 15.5. The van der Waals surface area contributed by atoms with Crippen molar-refractivity contribution < 1.29 is 0 Å². The summed E-state index contributed by atoms with van der Waals surface area (Å²) in [4.78, 5) is 13.4. The van der Waals surface area contributed by atoms with Crippen molar-refractivity contribution in [1.29, 1.82) is 0 Å². The second-order valence-electron chi connectivity index (χ2n) is 14.6. The molecule has 55 heavy (non-hydrogen) atoms. The molecule has 0 aliphatic carbocycles. The summed E-state index contributed by atoms with van der Waals surface area (Å²) in [5.41, 5.74) is 17.1. The number of hydrogen-bond acceptors (Lipinski definition) is 4. The average Bonchev–Trinajstić information content (AvgIpc) is 3.70. The molecule has 0 radical (unpaired) electrons. The highest BCUT2D eigenvalue weighted by atomic mass is 35.5. The van der Waals surface area contributed by atoms with Crippen LogP contribution in [-0.4, -0.2) is 37.1 Å². The van der Waals surface area contributed by atoms with Crippen LogP contribution in [0.25, 0.3) is 66.1 Å². The zero-order valence-electron chi connectivity index (χ0n) is 31.7. The van der Waals surface area contributed by atoms with E-state index in [9.17, 15) is 0 Å². The van der Waals surface area contributed by atoms with Gasteiger partial charge in [-0.1, -0.05) is 111 Å². The Kier molecular flexibility index (Phi) is 11.2. The first-order chi connectivity index (χ1) is 27.0. The quantitative estimate of drug-likeness (QED) is 0.113. The number of unbranched alkanes of at least 4 members (excludes halogenated alkanes) is 2. The number of halogens is 2. The molecule has 0 fully saturated rings. The summed E-state index contributed by atoms with van der Waals surface area (Å²) in [5.74, 6) is 0. The number of rotatable bonds is 15. The number of aryl methyl sites for hydroxylation is 2. The van der Waals surface area contributed by atoms with Crippen LogP contribution in [0, 0.1) is 0 Å². The van der Waals surface area contributed by atoms with Crippen LogP contribution in [0.3, 0.4) is 0 Å². The Labute approximate surface area is 333 Å². The minimum Gasteiger partial charge on any atom is -0.339 e. The van der Waals surface area contributed by atoms with Crippen LogP contribution in [0.5, 0.6) is 0 Å². The van der Waals surface area contributed by atoms with E-state index >= 15 is 0 Å². The summed E-state index contributed by atoms with van der Waals surface area (Å²) >= 11 is 12.8. The van der Waals surface area contributed by atoms with E-state index in [4.69, 9.17) is 38.9 Å². The normalized spacial score (nSPS) is 12.0. The molecule has 6 nitrogen and oxygen atoms in total. The average molecular weight is 768 g/mol. The Morgan fingerprint density at radius 1 is 0.564 bits per heavy atom. The Morgan fingerprint density at radius 3 is 1.42 bits per heavy atom. The van der Waals surface area contributed by atoms with Crippen molar-refractivity contribution in [2.24, 2.45) is 5.73 Å². The van der Waals surface area contributed by atoms with E-state index in [1.807, 2.05) is 24.3 Å². The predicted molar refractivity (Wildman–Crippen MR) is 233 cm³/mol. The van der Waals surface area contributed by atoms with Crippen molar-refractivity contribution in [3.8, 4) is 22.5 Å². The molecule has 0 bridgehead atoms. The van der Waals surface area contributed by atoms with Crippen molar-refractivity contribution >= 4 is 66.8 Å². The third-order valence-corrected chi connectivity index (χ3v) is 11.3. The molecule has 0 saturated carbocycles. The number of nitrogens with zero attached hydrogens (tertiary/aromatic N) is 5. The lowest BCUT2D eigenvalue weighted by atomic mass is 10.1.